The molecule has 1 aliphatic rings. The predicted molar refractivity (Wildman–Crippen MR) is 115 cm³/mol. The maximum absolute atomic E-state index is 13.3. The number of benzene rings is 2. The molecule has 148 valence electrons. The lowest BCUT2D eigenvalue weighted by molar-refractivity contribution is -0.119. The van der Waals surface area contributed by atoms with E-state index in [0.717, 1.165) is 48.1 Å². The number of hydrogen-bond acceptors (Lipinski definition) is 3. The normalized spacial score (nSPS) is 14.1. The molecule has 1 amide bonds. The topological polar surface area (TPSA) is 64.0 Å². The molecule has 3 aromatic rings. The molecule has 0 aliphatic heterocycles. The number of hydrogen-bond donors (Lipinski definition) is 1. The second-order valence-corrected chi connectivity index (χ2v) is 7.41. The third kappa shape index (κ3) is 3.86. The van der Waals surface area contributed by atoms with E-state index in [-0.39, 0.29) is 11.5 Å². The van der Waals surface area contributed by atoms with Gasteiger partial charge in [-0.25, -0.2) is 4.68 Å². The molecular formula is C24H25N3O2. The van der Waals surface area contributed by atoms with Gasteiger partial charge in [-0.05, 0) is 49.8 Å². The van der Waals surface area contributed by atoms with Crippen LogP contribution in [0, 0.1) is 0 Å². The minimum atomic E-state index is -0.655. The van der Waals surface area contributed by atoms with Gasteiger partial charge in [0, 0.05) is 16.8 Å². The van der Waals surface area contributed by atoms with Crippen LogP contribution in [-0.2, 0) is 17.6 Å². The summed E-state index contributed by atoms with van der Waals surface area (Å²) in [7, 11) is 0. The highest BCUT2D eigenvalue weighted by Gasteiger charge is 2.27. The molecule has 0 saturated carbocycles. The van der Waals surface area contributed by atoms with Crippen molar-refractivity contribution in [1.29, 1.82) is 0 Å². The molecule has 4 rings (SSSR count). The Balaban J connectivity index is 1.79. The molecule has 5 heteroatoms. The fraction of sp³-hybridized carbons (Fsp3) is 0.292. The fourth-order valence-electron chi connectivity index (χ4n) is 4.01. The number of fused-ring (bicyclic) bond motifs is 1. The zero-order valence-electron chi connectivity index (χ0n) is 16.6. The van der Waals surface area contributed by atoms with Crippen LogP contribution in [0.3, 0.4) is 0 Å². The highest BCUT2D eigenvalue weighted by Crippen LogP contribution is 2.29. The Morgan fingerprint density at radius 3 is 2.28 bits per heavy atom. The van der Waals surface area contributed by atoms with Gasteiger partial charge in [-0.15, -0.1) is 0 Å². The molecule has 1 N–H and O–H groups in total. The Labute approximate surface area is 170 Å². The lowest BCUT2D eigenvalue weighted by Gasteiger charge is -2.23. The summed E-state index contributed by atoms with van der Waals surface area (Å²) in [5, 5.41) is 7.65. The molecule has 2 aromatic carbocycles. The van der Waals surface area contributed by atoms with E-state index < -0.39 is 6.04 Å². The van der Waals surface area contributed by atoms with Gasteiger partial charge in [0.25, 0.3) is 5.56 Å². The summed E-state index contributed by atoms with van der Waals surface area (Å²) in [6.07, 6.45) is 4.14. The van der Waals surface area contributed by atoms with Gasteiger partial charge in [-0.3, -0.25) is 9.59 Å². The van der Waals surface area contributed by atoms with Crippen molar-refractivity contribution in [1.82, 2.24) is 9.78 Å². The van der Waals surface area contributed by atoms with E-state index >= 15 is 0 Å². The monoisotopic (exact) mass is 387 g/mol. The second-order valence-electron chi connectivity index (χ2n) is 7.41. The van der Waals surface area contributed by atoms with Gasteiger partial charge in [0.2, 0.25) is 5.91 Å². The largest absolute Gasteiger partial charge is 0.324 e. The van der Waals surface area contributed by atoms with Crippen LogP contribution in [0.1, 0.15) is 43.4 Å². The number of nitrogens with zero attached hydrogens (tertiary/aromatic N) is 2. The van der Waals surface area contributed by atoms with Gasteiger partial charge >= 0.3 is 0 Å². The van der Waals surface area contributed by atoms with Crippen LogP contribution in [0.5, 0.6) is 0 Å². The number of carbonyl (C=O) groups excluding carboxylic acids is 1. The molecule has 1 atom stereocenters. The van der Waals surface area contributed by atoms with Crippen LogP contribution in [0.25, 0.3) is 11.3 Å². The molecule has 1 aromatic heterocycles. The number of aromatic nitrogens is 2. The van der Waals surface area contributed by atoms with Crippen LogP contribution in [0.4, 0.5) is 5.69 Å². The number of nitrogens with one attached hydrogen (secondary N) is 1. The summed E-state index contributed by atoms with van der Waals surface area (Å²) in [5.74, 6) is -0.219. The summed E-state index contributed by atoms with van der Waals surface area (Å²) < 4.78 is 1.41. The van der Waals surface area contributed by atoms with E-state index in [0.29, 0.717) is 12.1 Å². The van der Waals surface area contributed by atoms with E-state index in [2.05, 4.69) is 5.32 Å². The van der Waals surface area contributed by atoms with Gasteiger partial charge in [0.15, 0.2) is 0 Å². The number of amides is 1. The average molecular weight is 387 g/mol. The minimum absolute atomic E-state index is 0.130. The van der Waals surface area contributed by atoms with Crippen molar-refractivity contribution in [3.8, 4) is 11.3 Å². The molecule has 1 heterocycles. The SMILES string of the molecule is CC[C@@H](C(=O)Nc1ccccc1)n1nc(-c2ccccc2)c2c(c1=O)CCCC2. The molecule has 0 unspecified atom stereocenters. The molecule has 0 saturated heterocycles. The van der Waals surface area contributed by atoms with E-state index in [9.17, 15) is 9.59 Å². The Bertz CT molecular complexity index is 1060. The van der Waals surface area contributed by atoms with E-state index in [1.54, 1.807) is 0 Å². The van der Waals surface area contributed by atoms with E-state index in [1.807, 2.05) is 67.6 Å². The number of carbonyl (C=O) groups is 1. The zero-order chi connectivity index (χ0) is 20.2. The van der Waals surface area contributed by atoms with Crippen molar-refractivity contribution < 1.29 is 4.79 Å². The summed E-state index contributed by atoms with van der Waals surface area (Å²) >= 11 is 0. The molecule has 5 nitrogen and oxygen atoms in total. The van der Waals surface area contributed by atoms with Gasteiger partial charge < -0.3 is 5.32 Å². The third-order valence-corrected chi connectivity index (χ3v) is 5.50. The van der Waals surface area contributed by atoms with E-state index in [4.69, 9.17) is 5.10 Å². The lowest BCUT2D eigenvalue weighted by atomic mass is 9.89. The van der Waals surface area contributed by atoms with E-state index in [1.165, 1.54) is 4.68 Å². The smallest absolute Gasteiger partial charge is 0.271 e. The van der Waals surface area contributed by atoms with Gasteiger partial charge in [-0.1, -0.05) is 55.5 Å². The Morgan fingerprint density at radius 1 is 1.00 bits per heavy atom. The Morgan fingerprint density at radius 2 is 1.62 bits per heavy atom. The fourth-order valence-corrected chi connectivity index (χ4v) is 4.01. The quantitative estimate of drug-likeness (QED) is 0.707. The average Bonchev–Trinajstić information content (AvgIpc) is 2.77. The molecular weight excluding hydrogens is 362 g/mol. The summed E-state index contributed by atoms with van der Waals surface area (Å²) in [6, 6.07) is 18.6. The van der Waals surface area contributed by atoms with Crippen molar-refractivity contribution in [2.45, 2.75) is 45.1 Å². The molecule has 0 radical (unpaired) electrons. The Hall–Kier alpha value is -3.21. The maximum atomic E-state index is 13.3. The molecule has 0 bridgehead atoms. The number of anilines is 1. The maximum Gasteiger partial charge on any atom is 0.271 e. The first kappa shape index (κ1) is 19.1. The van der Waals surface area contributed by atoms with Gasteiger partial charge in [0.05, 0.1) is 5.69 Å². The minimum Gasteiger partial charge on any atom is -0.324 e. The predicted octanol–water partition coefficient (Wildman–Crippen LogP) is 4.38. The highest BCUT2D eigenvalue weighted by molar-refractivity contribution is 5.93. The number of rotatable bonds is 5. The van der Waals surface area contributed by atoms with Crippen molar-refractivity contribution in [3.63, 3.8) is 0 Å². The van der Waals surface area contributed by atoms with Crippen LogP contribution < -0.4 is 10.9 Å². The van der Waals surface area contributed by atoms with Gasteiger partial charge in [0.1, 0.15) is 6.04 Å². The summed E-state index contributed by atoms with van der Waals surface area (Å²) in [5.41, 5.74) is 4.25. The molecule has 0 spiro atoms. The number of para-hydroxylation sites is 1. The third-order valence-electron chi connectivity index (χ3n) is 5.50. The Kier molecular flexibility index (Phi) is 5.56. The first-order valence-corrected chi connectivity index (χ1v) is 10.2. The van der Waals surface area contributed by atoms with Crippen molar-refractivity contribution >= 4 is 11.6 Å². The van der Waals surface area contributed by atoms with Crippen LogP contribution in [0.15, 0.2) is 65.5 Å². The highest BCUT2D eigenvalue weighted by atomic mass is 16.2. The van der Waals surface area contributed by atoms with Crippen molar-refractivity contribution in [2.75, 3.05) is 5.32 Å². The van der Waals surface area contributed by atoms with Crippen LogP contribution in [0.2, 0.25) is 0 Å². The zero-order valence-corrected chi connectivity index (χ0v) is 16.6. The van der Waals surface area contributed by atoms with Crippen molar-refractivity contribution in [2.24, 2.45) is 0 Å². The molecule has 1 aliphatic carbocycles. The first-order chi connectivity index (χ1) is 14.2. The van der Waals surface area contributed by atoms with Crippen molar-refractivity contribution in [3.05, 3.63) is 82.1 Å². The standard InChI is InChI=1S/C24H25N3O2/c1-2-21(23(28)25-18-13-7-4-8-14-18)27-24(29)20-16-10-9-15-19(20)22(26-27)17-11-5-3-6-12-17/h3-8,11-14,21H,2,9-10,15-16H2,1H3,(H,25,28)/t21-/m0/s1. The van der Waals surface area contributed by atoms with Crippen LogP contribution >= 0.6 is 0 Å². The summed E-state index contributed by atoms with van der Waals surface area (Å²) in [4.78, 5) is 26.3. The first-order valence-electron chi connectivity index (χ1n) is 10.2. The molecule has 29 heavy (non-hydrogen) atoms. The lowest BCUT2D eigenvalue weighted by Crippen LogP contribution is -2.38. The van der Waals surface area contributed by atoms with Crippen LogP contribution in [-0.4, -0.2) is 15.7 Å². The summed E-state index contributed by atoms with van der Waals surface area (Å²) in [6.45, 7) is 1.91. The molecule has 0 fully saturated rings. The second kappa shape index (κ2) is 8.43. The van der Waals surface area contributed by atoms with Gasteiger partial charge in [-0.2, -0.15) is 5.10 Å².